The minimum atomic E-state index is 0.762. The highest BCUT2D eigenvalue weighted by Crippen LogP contribution is 2.42. The Bertz CT molecular complexity index is 395. The van der Waals surface area contributed by atoms with Crippen molar-refractivity contribution in [3.63, 3.8) is 0 Å². The number of aryl methyl sites for hydroxylation is 1. The molecule has 0 radical (unpaired) electrons. The van der Waals surface area contributed by atoms with Crippen LogP contribution >= 0.6 is 0 Å². The molecule has 0 aromatic heterocycles. The standard InChI is InChI=1S/C20H33N/c1-4-6-16-8-11-18(12-9-16)20-14-17(7-5-2)10-13-19(20)15-21-3/h8-9,11-12,17,19-21H,4-7,10,13-15H2,1-3H3. The molecule has 1 saturated carbocycles. The molecule has 1 N–H and O–H groups in total. The lowest BCUT2D eigenvalue weighted by Gasteiger charge is -2.36. The van der Waals surface area contributed by atoms with Crippen molar-refractivity contribution in [2.24, 2.45) is 11.8 Å². The molecule has 21 heavy (non-hydrogen) atoms. The maximum Gasteiger partial charge on any atom is -0.00177 e. The van der Waals surface area contributed by atoms with E-state index in [1.54, 1.807) is 5.56 Å². The second kappa shape index (κ2) is 8.58. The van der Waals surface area contributed by atoms with E-state index in [2.05, 4.69) is 50.5 Å². The summed E-state index contributed by atoms with van der Waals surface area (Å²) in [5, 5.41) is 3.42. The van der Waals surface area contributed by atoms with E-state index in [-0.39, 0.29) is 0 Å². The minimum absolute atomic E-state index is 0.762. The average molecular weight is 287 g/mol. The molecule has 1 nitrogen and oxygen atoms in total. The first kappa shape index (κ1) is 16.5. The summed E-state index contributed by atoms with van der Waals surface area (Å²) >= 11 is 0. The molecule has 3 atom stereocenters. The Morgan fingerprint density at radius 1 is 1.05 bits per heavy atom. The van der Waals surface area contributed by atoms with E-state index in [1.807, 2.05) is 0 Å². The molecule has 0 aliphatic heterocycles. The van der Waals surface area contributed by atoms with Crippen LogP contribution in [0.3, 0.4) is 0 Å². The molecule has 0 spiro atoms. The number of rotatable bonds is 7. The first-order valence-corrected chi connectivity index (χ1v) is 9.01. The Hall–Kier alpha value is -0.820. The Labute approximate surface area is 131 Å². The molecule has 3 unspecified atom stereocenters. The topological polar surface area (TPSA) is 12.0 Å². The predicted octanol–water partition coefficient (Wildman–Crippen LogP) is 5.16. The van der Waals surface area contributed by atoms with Gasteiger partial charge in [0, 0.05) is 0 Å². The largest absolute Gasteiger partial charge is 0.319 e. The van der Waals surface area contributed by atoms with Crippen molar-refractivity contribution in [2.45, 2.75) is 64.7 Å². The van der Waals surface area contributed by atoms with Gasteiger partial charge in [0.05, 0.1) is 0 Å². The maximum absolute atomic E-state index is 3.42. The first-order valence-electron chi connectivity index (χ1n) is 9.01. The second-order valence-electron chi connectivity index (χ2n) is 6.88. The van der Waals surface area contributed by atoms with Gasteiger partial charge in [0.25, 0.3) is 0 Å². The fourth-order valence-corrected chi connectivity index (χ4v) is 4.13. The summed E-state index contributed by atoms with van der Waals surface area (Å²) in [5.74, 6) is 2.53. The van der Waals surface area contributed by atoms with Gasteiger partial charge in [-0.3, -0.25) is 0 Å². The summed E-state index contributed by atoms with van der Waals surface area (Å²) in [5.41, 5.74) is 3.07. The lowest BCUT2D eigenvalue weighted by molar-refractivity contribution is 0.223. The summed E-state index contributed by atoms with van der Waals surface area (Å²) in [4.78, 5) is 0. The lowest BCUT2D eigenvalue weighted by atomic mass is 9.70. The zero-order valence-corrected chi connectivity index (χ0v) is 14.2. The molecule has 0 heterocycles. The second-order valence-corrected chi connectivity index (χ2v) is 6.88. The average Bonchev–Trinajstić information content (AvgIpc) is 2.50. The van der Waals surface area contributed by atoms with Gasteiger partial charge in [0.1, 0.15) is 0 Å². The summed E-state index contributed by atoms with van der Waals surface area (Å²) in [6.07, 6.45) is 9.43. The molecule has 1 fully saturated rings. The van der Waals surface area contributed by atoms with Crippen molar-refractivity contribution in [1.82, 2.24) is 5.32 Å². The van der Waals surface area contributed by atoms with Crippen molar-refractivity contribution >= 4 is 0 Å². The van der Waals surface area contributed by atoms with Crippen LogP contribution in [-0.4, -0.2) is 13.6 Å². The smallest absolute Gasteiger partial charge is 0.00177 e. The molecule has 0 bridgehead atoms. The minimum Gasteiger partial charge on any atom is -0.319 e. The van der Waals surface area contributed by atoms with Gasteiger partial charge in [-0.15, -0.1) is 0 Å². The van der Waals surface area contributed by atoms with Gasteiger partial charge in [-0.2, -0.15) is 0 Å². The number of nitrogens with one attached hydrogen (secondary N) is 1. The molecular weight excluding hydrogens is 254 g/mol. The van der Waals surface area contributed by atoms with Crippen molar-refractivity contribution in [2.75, 3.05) is 13.6 Å². The van der Waals surface area contributed by atoms with Crippen LogP contribution in [0, 0.1) is 11.8 Å². The maximum atomic E-state index is 3.42. The summed E-state index contributed by atoms with van der Waals surface area (Å²) in [6.45, 7) is 5.75. The van der Waals surface area contributed by atoms with Gasteiger partial charge in [-0.05, 0) is 61.7 Å². The first-order chi connectivity index (χ1) is 10.3. The van der Waals surface area contributed by atoms with Gasteiger partial charge in [0.2, 0.25) is 0 Å². The molecule has 1 heteroatoms. The van der Waals surface area contributed by atoms with Crippen LogP contribution in [0.5, 0.6) is 0 Å². The van der Waals surface area contributed by atoms with Gasteiger partial charge >= 0.3 is 0 Å². The molecule has 1 aliphatic rings. The van der Waals surface area contributed by atoms with Crippen LogP contribution in [0.4, 0.5) is 0 Å². The third kappa shape index (κ3) is 4.57. The highest BCUT2D eigenvalue weighted by Gasteiger charge is 2.30. The van der Waals surface area contributed by atoms with Crippen LogP contribution in [0.15, 0.2) is 24.3 Å². The van der Waals surface area contributed by atoms with Gasteiger partial charge in [-0.25, -0.2) is 0 Å². The zero-order chi connectivity index (χ0) is 15.1. The molecule has 118 valence electrons. The van der Waals surface area contributed by atoms with Crippen LogP contribution < -0.4 is 5.32 Å². The fraction of sp³-hybridized carbons (Fsp3) is 0.700. The van der Waals surface area contributed by atoms with E-state index < -0.39 is 0 Å². The normalized spacial score (nSPS) is 26.0. The molecule has 1 aliphatic carbocycles. The van der Waals surface area contributed by atoms with E-state index in [0.717, 1.165) is 17.8 Å². The Morgan fingerprint density at radius 2 is 1.81 bits per heavy atom. The predicted molar refractivity (Wildman–Crippen MR) is 92.8 cm³/mol. The van der Waals surface area contributed by atoms with Crippen molar-refractivity contribution < 1.29 is 0 Å². The molecule has 2 rings (SSSR count). The number of hydrogen-bond acceptors (Lipinski definition) is 1. The van der Waals surface area contributed by atoms with E-state index >= 15 is 0 Å². The highest BCUT2D eigenvalue weighted by molar-refractivity contribution is 5.26. The number of hydrogen-bond donors (Lipinski definition) is 1. The van der Waals surface area contributed by atoms with Crippen LogP contribution in [-0.2, 0) is 6.42 Å². The molecule has 1 aromatic carbocycles. The van der Waals surface area contributed by atoms with Crippen molar-refractivity contribution in [1.29, 1.82) is 0 Å². The quantitative estimate of drug-likeness (QED) is 0.730. The fourth-order valence-electron chi connectivity index (χ4n) is 4.13. The van der Waals surface area contributed by atoms with E-state index in [9.17, 15) is 0 Å². The van der Waals surface area contributed by atoms with Crippen molar-refractivity contribution in [3.05, 3.63) is 35.4 Å². The van der Waals surface area contributed by atoms with Gasteiger partial charge in [0.15, 0.2) is 0 Å². The molecule has 0 saturated heterocycles. The summed E-state index contributed by atoms with van der Waals surface area (Å²) in [7, 11) is 2.10. The van der Waals surface area contributed by atoms with E-state index in [1.165, 1.54) is 57.1 Å². The Kier molecular flexibility index (Phi) is 6.76. The summed E-state index contributed by atoms with van der Waals surface area (Å²) < 4.78 is 0. The van der Waals surface area contributed by atoms with Gasteiger partial charge in [-0.1, -0.05) is 63.8 Å². The van der Waals surface area contributed by atoms with Crippen molar-refractivity contribution in [3.8, 4) is 0 Å². The lowest BCUT2D eigenvalue weighted by Crippen LogP contribution is -2.30. The third-order valence-electron chi connectivity index (χ3n) is 5.21. The van der Waals surface area contributed by atoms with Crippen LogP contribution in [0.1, 0.15) is 69.4 Å². The van der Waals surface area contributed by atoms with E-state index in [4.69, 9.17) is 0 Å². The third-order valence-corrected chi connectivity index (χ3v) is 5.21. The van der Waals surface area contributed by atoms with Crippen LogP contribution in [0.2, 0.25) is 0 Å². The molecular formula is C20H33N. The summed E-state index contributed by atoms with van der Waals surface area (Å²) in [6, 6.07) is 9.54. The number of benzene rings is 1. The highest BCUT2D eigenvalue weighted by atomic mass is 14.8. The molecule has 0 amide bonds. The Morgan fingerprint density at radius 3 is 2.43 bits per heavy atom. The SMILES string of the molecule is CCCc1ccc(C2CC(CCC)CCC2CNC)cc1. The van der Waals surface area contributed by atoms with Crippen LogP contribution in [0.25, 0.3) is 0 Å². The zero-order valence-electron chi connectivity index (χ0n) is 14.2. The Balaban J connectivity index is 2.10. The molecule has 1 aromatic rings. The van der Waals surface area contributed by atoms with Gasteiger partial charge < -0.3 is 5.32 Å². The van der Waals surface area contributed by atoms with E-state index in [0.29, 0.717) is 0 Å². The monoisotopic (exact) mass is 287 g/mol.